The van der Waals surface area contributed by atoms with Gasteiger partial charge in [0.2, 0.25) is 0 Å². The molecule has 0 unspecified atom stereocenters. The van der Waals surface area contributed by atoms with Crippen LogP contribution in [-0.4, -0.2) is 23.2 Å². The predicted octanol–water partition coefficient (Wildman–Crippen LogP) is 8.96. The average Bonchev–Trinajstić information content (AvgIpc) is 3.55. The quantitative estimate of drug-likeness (QED) is 0.227. The highest BCUT2D eigenvalue weighted by molar-refractivity contribution is 7.80. The Hall–Kier alpha value is -2.77. The molecule has 0 bridgehead atoms. The normalized spacial score (nSPS) is 23.0. The average molecular weight is 612 g/mol. The Kier molecular flexibility index (Phi) is 7.71. The maximum Gasteiger partial charge on any atom is 0.174 e. The van der Waals surface area contributed by atoms with E-state index in [9.17, 15) is 0 Å². The Morgan fingerprint density at radius 3 is 2.40 bits per heavy atom. The molecular weight excluding hydrogens is 583 g/mol. The van der Waals surface area contributed by atoms with Gasteiger partial charge in [0.25, 0.3) is 0 Å². The van der Waals surface area contributed by atoms with Gasteiger partial charge >= 0.3 is 0 Å². The number of halogens is 3. The van der Waals surface area contributed by atoms with Crippen molar-refractivity contribution >= 4 is 63.5 Å². The molecule has 0 saturated carbocycles. The molecule has 4 atom stereocenters. The monoisotopic (exact) mass is 610 g/mol. The van der Waals surface area contributed by atoms with E-state index in [2.05, 4.69) is 46.1 Å². The van der Waals surface area contributed by atoms with Crippen molar-refractivity contribution < 1.29 is 4.42 Å². The number of hydrogen-bond donors (Lipinski definition) is 1. The molecule has 2 aromatic heterocycles. The van der Waals surface area contributed by atoms with Crippen molar-refractivity contribution in [3.05, 3.63) is 99.4 Å². The van der Waals surface area contributed by atoms with Crippen LogP contribution in [0.4, 0.5) is 11.4 Å². The molecular formula is C31H29Cl3N4OS. The first-order valence-electron chi connectivity index (χ1n) is 13.4. The lowest BCUT2D eigenvalue weighted by Gasteiger charge is -2.37. The van der Waals surface area contributed by atoms with E-state index < -0.39 is 0 Å². The first kappa shape index (κ1) is 27.4. The number of rotatable bonds is 5. The van der Waals surface area contributed by atoms with Crippen molar-refractivity contribution in [2.75, 3.05) is 22.9 Å². The van der Waals surface area contributed by atoms with Crippen LogP contribution in [0.2, 0.25) is 15.1 Å². The van der Waals surface area contributed by atoms with Gasteiger partial charge in [-0.2, -0.15) is 0 Å². The molecule has 2 fully saturated rings. The third kappa shape index (κ3) is 5.30. The van der Waals surface area contributed by atoms with Gasteiger partial charge in [-0.1, -0.05) is 54.7 Å². The fourth-order valence-corrected chi connectivity index (χ4v) is 6.94. The lowest BCUT2D eigenvalue weighted by atomic mass is 9.91. The van der Waals surface area contributed by atoms with Gasteiger partial charge in [0.05, 0.1) is 32.5 Å². The van der Waals surface area contributed by atoms with E-state index in [0.717, 1.165) is 41.5 Å². The Balaban J connectivity index is 1.38. The van der Waals surface area contributed by atoms with Crippen LogP contribution in [0.3, 0.4) is 0 Å². The second kappa shape index (κ2) is 11.2. The molecule has 6 rings (SSSR count). The zero-order valence-electron chi connectivity index (χ0n) is 22.2. The number of nitrogens with zero attached hydrogens (tertiary/aromatic N) is 3. The Morgan fingerprint density at radius 1 is 0.900 bits per heavy atom. The summed E-state index contributed by atoms with van der Waals surface area (Å²) in [5, 5.41) is 5.74. The first-order valence-corrected chi connectivity index (χ1v) is 14.9. The number of furan rings is 1. The summed E-state index contributed by atoms with van der Waals surface area (Å²) in [6, 6.07) is 20.9. The molecule has 0 radical (unpaired) electrons. The highest BCUT2D eigenvalue weighted by Crippen LogP contribution is 2.45. The summed E-state index contributed by atoms with van der Waals surface area (Å²) in [5.74, 6) is 2.68. The van der Waals surface area contributed by atoms with Crippen LogP contribution in [0.25, 0.3) is 11.3 Å². The summed E-state index contributed by atoms with van der Waals surface area (Å²) in [5.41, 5.74) is 3.65. The minimum Gasteiger partial charge on any atom is -0.459 e. The van der Waals surface area contributed by atoms with E-state index in [0.29, 0.717) is 37.8 Å². The molecule has 1 N–H and O–H groups in total. The van der Waals surface area contributed by atoms with E-state index in [1.54, 1.807) is 18.3 Å². The van der Waals surface area contributed by atoms with E-state index >= 15 is 0 Å². The van der Waals surface area contributed by atoms with Crippen LogP contribution in [0.5, 0.6) is 0 Å². The molecule has 0 amide bonds. The summed E-state index contributed by atoms with van der Waals surface area (Å²) in [7, 11) is 0. The molecule has 2 aromatic carbocycles. The van der Waals surface area contributed by atoms with Crippen molar-refractivity contribution in [2.24, 2.45) is 11.8 Å². The summed E-state index contributed by atoms with van der Waals surface area (Å²) in [6.07, 6.45) is 3.03. The van der Waals surface area contributed by atoms with Crippen molar-refractivity contribution in [2.45, 2.75) is 32.4 Å². The molecule has 0 spiro atoms. The molecule has 2 aliphatic heterocycles. The van der Waals surface area contributed by atoms with Crippen molar-refractivity contribution in [1.82, 2.24) is 10.3 Å². The molecule has 4 aromatic rings. The maximum absolute atomic E-state index is 6.95. The second-order valence-corrected chi connectivity index (χ2v) is 12.4. The van der Waals surface area contributed by atoms with E-state index in [1.165, 1.54) is 6.42 Å². The van der Waals surface area contributed by atoms with E-state index in [-0.39, 0.29) is 12.1 Å². The molecule has 4 heterocycles. The lowest BCUT2D eigenvalue weighted by molar-refractivity contribution is 0.357. The van der Waals surface area contributed by atoms with Gasteiger partial charge in [0.1, 0.15) is 17.6 Å². The SMILES string of the molecule is C[C@@H]1C[C@H](C)CN(c2ccc(N3C(=S)N[C@@H](c4ccccn4)[C@H]3c3ccc(-c4ccc(Cl)c(Cl)c4)o3)cc2Cl)C1. The van der Waals surface area contributed by atoms with Crippen molar-refractivity contribution in [3.63, 3.8) is 0 Å². The van der Waals surface area contributed by atoms with Gasteiger partial charge in [-0.15, -0.1) is 0 Å². The number of aromatic nitrogens is 1. The Labute approximate surface area is 255 Å². The van der Waals surface area contributed by atoms with Crippen LogP contribution in [0.15, 0.2) is 77.3 Å². The molecule has 40 heavy (non-hydrogen) atoms. The zero-order valence-corrected chi connectivity index (χ0v) is 25.2. The Bertz CT molecular complexity index is 1530. The fourth-order valence-electron chi connectivity index (χ4n) is 6.00. The highest BCUT2D eigenvalue weighted by atomic mass is 35.5. The van der Waals surface area contributed by atoms with Crippen LogP contribution in [-0.2, 0) is 0 Å². The number of piperidine rings is 1. The molecule has 206 valence electrons. The van der Waals surface area contributed by atoms with Gasteiger partial charge in [0, 0.05) is 30.5 Å². The number of pyridine rings is 1. The summed E-state index contributed by atoms with van der Waals surface area (Å²) < 4.78 is 6.46. The fraction of sp³-hybridized carbons (Fsp3) is 0.290. The third-order valence-corrected chi connectivity index (χ3v) is 9.00. The highest BCUT2D eigenvalue weighted by Gasteiger charge is 2.43. The maximum atomic E-state index is 6.95. The van der Waals surface area contributed by atoms with E-state index in [4.69, 9.17) is 51.4 Å². The molecule has 5 nitrogen and oxygen atoms in total. The number of benzene rings is 2. The third-order valence-electron chi connectivity index (χ3n) is 7.64. The number of anilines is 2. The van der Waals surface area contributed by atoms with Gasteiger partial charge in [0.15, 0.2) is 5.11 Å². The summed E-state index contributed by atoms with van der Waals surface area (Å²) in [6.45, 7) is 6.61. The van der Waals surface area contributed by atoms with Gasteiger partial charge in [-0.3, -0.25) is 4.98 Å². The van der Waals surface area contributed by atoms with Gasteiger partial charge < -0.3 is 19.5 Å². The van der Waals surface area contributed by atoms with E-state index in [1.807, 2.05) is 42.5 Å². The number of nitrogens with one attached hydrogen (secondary N) is 1. The predicted molar refractivity (Wildman–Crippen MR) is 169 cm³/mol. The first-order chi connectivity index (χ1) is 19.3. The van der Waals surface area contributed by atoms with Crippen LogP contribution in [0, 0.1) is 11.8 Å². The standard InChI is InChI=1S/C31H29Cl3N4OS/c1-18-13-19(2)17-37(16-18)26-9-7-21(15-24(26)34)38-30(29(36-31(38)40)25-5-3-4-12-35-25)28-11-10-27(39-28)20-6-8-22(32)23(33)14-20/h3-12,14-15,18-19,29-30H,13,16-17H2,1-2H3,(H,36,40)/t18-,19+,29-,30+/m0/s1. The number of thiocarbonyl (C=S) groups is 1. The lowest BCUT2D eigenvalue weighted by Crippen LogP contribution is -2.38. The largest absolute Gasteiger partial charge is 0.459 e. The topological polar surface area (TPSA) is 44.5 Å². The van der Waals surface area contributed by atoms with Crippen molar-refractivity contribution in [3.8, 4) is 11.3 Å². The van der Waals surface area contributed by atoms with Crippen LogP contribution < -0.4 is 15.1 Å². The zero-order chi connectivity index (χ0) is 28.0. The summed E-state index contributed by atoms with van der Waals surface area (Å²) >= 11 is 25.3. The summed E-state index contributed by atoms with van der Waals surface area (Å²) in [4.78, 5) is 9.11. The van der Waals surface area contributed by atoms with Crippen LogP contribution >= 0.6 is 47.0 Å². The van der Waals surface area contributed by atoms with Gasteiger partial charge in [-0.05, 0) is 91.1 Å². The van der Waals surface area contributed by atoms with Gasteiger partial charge in [-0.25, -0.2) is 0 Å². The minimum atomic E-state index is -0.295. The molecule has 2 aliphatic rings. The van der Waals surface area contributed by atoms with Crippen LogP contribution in [0.1, 0.15) is 43.8 Å². The number of hydrogen-bond acceptors (Lipinski definition) is 4. The minimum absolute atomic E-state index is 0.233. The molecule has 0 aliphatic carbocycles. The second-order valence-electron chi connectivity index (χ2n) is 10.8. The molecule has 9 heteroatoms. The Morgan fingerprint density at radius 2 is 1.70 bits per heavy atom. The van der Waals surface area contributed by atoms with Crippen molar-refractivity contribution in [1.29, 1.82) is 0 Å². The smallest absolute Gasteiger partial charge is 0.174 e. The molecule has 2 saturated heterocycles.